The van der Waals surface area contributed by atoms with Gasteiger partial charge in [0.15, 0.2) is 0 Å². The summed E-state index contributed by atoms with van der Waals surface area (Å²) in [7, 11) is 0. The van der Waals surface area contributed by atoms with Crippen molar-refractivity contribution in [3.63, 3.8) is 0 Å². The Kier molecular flexibility index (Phi) is 3.73. The van der Waals surface area contributed by atoms with Crippen LogP contribution in [0.4, 0.5) is 0 Å². The van der Waals surface area contributed by atoms with Crippen LogP contribution in [0.5, 0.6) is 0 Å². The van der Waals surface area contributed by atoms with Gasteiger partial charge in [-0.05, 0) is 32.7 Å². The fourth-order valence-corrected chi connectivity index (χ4v) is 3.35. The Bertz CT molecular complexity index is 294. The van der Waals surface area contributed by atoms with Crippen molar-refractivity contribution in [3.8, 4) is 0 Å². The molecule has 2 fully saturated rings. The van der Waals surface area contributed by atoms with Gasteiger partial charge in [0.05, 0.1) is 11.5 Å². The van der Waals surface area contributed by atoms with Crippen LogP contribution in [0, 0.1) is 5.41 Å². The lowest BCUT2D eigenvalue weighted by molar-refractivity contribution is -0.148. The summed E-state index contributed by atoms with van der Waals surface area (Å²) in [4.78, 5) is 13.8. The van der Waals surface area contributed by atoms with Gasteiger partial charge >= 0.3 is 5.97 Å². The van der Waals surface area contributed by atoms with Crippen molar-refractivity contribution >= 4 is 5.97 Å². The summed E-state index contributed by atoms with van der Waals surface area (Å²) >= 11 is 0. The van der Waals surface area contributed by atoms with Crippen LogP contribution >= 0.6 is 0 Å². The van der Waals surface area contributed by atoms with Gasteiger partial charge in [-0.15, -0.1) is 0 Å². The zero-order valence-corrected chi connectivity index (χ0v) is 10.8. The Morgan fingerprint density at radius 1 is 1.59 bits per heavy atom. The first-order valence-corrected chi connectivity index (χ1v) is 6.68. The van der Waals surface area contributed by atoms with E-state index in [4.69, 9.17) is 4.74 Å². The number of hydrogen-bond acceptors (Lipinski definition) is 3. The maximum atomic E-state index is 11.5. The average Bonchev–Trinajstić information content (AvgIpc) is 2.86. The number of nitrogens with zero attached hydrogens (tertiary/aromatic N) is 1. The number of ether oxygens (including phenoxy) is 1. The molecule has 98 valence electrons. The van der Waals surface area contributed by atoms with Crippen molar-refractivity contribution < 1.29 is 14.6 Å². The van der Waals surface area contributed by atoms with Gasteiger partial charge in [0.1, 0.15) is 0 Å². The molecule has 2 heterocycles. The number of carboxylic acids is 1. The summed E-state index contributed by atoms with van der Waals surface area (Å²) in [6.45, 7) is 6.59. The summed E-state index contributed by atoms with van der Waals surface area (Å²) in [6.07, 6.45) is 3.82. The highest BCUT2D eigenvalue weighted by Crippen LogP contribution is 2.38. The van der Waals surface area contributed by atoms with E-state index in [2.05, 4.69) is 18.7 Å². The lowest BCUT2D eigenvalue weighted by atomic mass is 9.82. The molecule has 4 heteroatoms. The Balaban J connectivity index is 2.04. The molecule has 17 heavy (non-hydrogen) atoms. The molecule has 0 radical (unpaired) electrons. The molecule has 2 saturated heterocycles. The summed E-state index contributed by atoms with van der Waals surface area (Å²) in [5.41, 5.74) is -0.503. The van der Waals surface area contributed by atoms with E-state index in [9.17, 15) is 9.90 Å². The second-order valence-electron chi connectivity index (χ2n) is 5.49. The van der Waals surface area contributed by atoms with Crippen LogP contribution in [0.3, 0.4) is 0 Å². The van der Waals surface area contributed by atoms with Gasteiger partial charge in [-0.1, -0.05) is 13.3 Å². The number of carbonyl (C=O) groups is 1. The van der Waals surface area contributed by atoms with Gasteiger partial charge < -0.3 is 9.84 Å². The minimum Gasteiger partial charge on any atom is -0.481 e. The summed E-state index contributed by atoms with van der Waals surface area (Å²) in [5.74, 6) is -0.617. The van der Waals surface area contributed by atoms with Gasteiger partial charge in [-0.25, -0.2) is 0 Å². The third-order valence-electron chi connectivity index (χ3n) is 4.37. The SMILES string of the molecule is CCCC1(C(=O)O)CCN(C2CCOC2C)C1. The predicted octanol–water partition coefficient (Wildman–Crippen LogP) is 1.74. The molecule has 3 unspecified atom stereocenters. The van der Waals surface area contributed by atoms with Gasteiger partial charge in [0.2, 0.25) is 0 Å². The Morgan fingerprint density at radius 2 is 2.35 bits per heavy atom. The van der Waals surface area contributed by atoms with Crippen LogP contribution in [0.2, 0.25) is 0 Å². The molecule has 0 saturated carbocycles. The van der Waals surface area contributed by atoms with Crippen LogP contribution in [0.1, 0.15) is 39.5 Å². The number of likely N-dealkylation sites (tertiary alicyclic amines) is 1. The van der Waals surface area contributed by atoms with Crippen LogP contribution in [0.15, 0.2) is 0 Å². The van der Waals surface area contributed by atoms with E-state index >= 15 is 0 Å². The van der Waals surface area contributed by atoms with E-state index < -0.39 is 11.4 Å². The van der Waals surface area contributed by atoms with E-state index in [0.717, 1.165) is 38.8 Å². The van der Waals surface area contributed by atoms with Gasteiger partial charge in [-0.2, -0.15) is 0 Å². The highest BCUT2D eigenvalue weighted by Gasteiger charge is 2.47. The first-order valence-electron chi connectivity index (χ1n) is 6.68. The number of hydrogen-bond donors (Lipinski definition) is 1. The monoisotopic (exact) mass is 241 g/mol. The maximum absolute atomic E-state index is 11.5. The van der Waals surface area contributed by atoms with Crippen molar-refractivity contribution in [2.75, 3.05) is 19.7 Å². The van der Waals surface area contributed by atoms with E-state index in [1.165, 1.54) is 0 Å². The summed E-state index contributed by atoms with van der Waals surface area (Å²) in [6, 6.07) is 0.424. The Labute approximate surface area is 103 Å². The van der Waals surface area contributed by atoms with E-state index in [-0.39, 0.29) is 6.10 Å². The Hall–Kier alpha value is -0.610. The first-order chi connectivity index (χ1) is 8.09. The zero-order valence-electron chi connectivity index (χ0n) is 10.8. The fourth-order valence-electron chi connectivity index (χ4n) is 3.35. The van der Waals surface area contributed by atoms with Crippen molar-refractivity contribution in [2.24, 2.45) is 5.41 Å². The summed E-state index contributed by atoms with van der Waals surface area (Å²) < 4.78 is 5.58. The number of aliphatic carboxylic acids is 1. The fraction of sp³-hybridized carbons (Fsp3) is 0.923. The third kappa shape index (κ3) is 2.33. The highest BCUT2D eigenvalue weighted by atomic mass is 16.5. The lowest BCUT2D eigenvalue weighted by Gasteiger charge is -2.29. The molecular formula is C13H23NO3. The van der Waals surface area contributed by atoms with Gasteiger partial charge in [0.25, 0.3) is 0 Å². The van der Waals surface area contributed by atoms with E-state index in [1.54, 1.807) is 0 Å². The van der Waals surface area contributed by atoms with E-state index in [0.29, 0.717) is 12.6 Å². The average molecular weight is 241 g/mol. The van der Waals surface area contributed by atoms with Gasteiger partial charge in [-0.3, -0.25) is 9.69 Å². The molecule has 3 atom stereocenters. The highest BCUT2D eigenvalue weighted by molar-refractivity contribution is 5.75. The molecule has 0 aromatic rings. The molecule has 0 spiro atoms. The number of rotatable bonds is 4. The molecule has 2 aliphatic heterocycles. The first kappa shape index (κ1) is 12.8. The number of carboxylic acid groups (broad SMARTS) is 1. The second-order valence-corrected chi connectivity index (χ2v) is 5.49. The molecule has 0 bridgehead atoms. The van der Waals surface area contributed by atoms with Crippen LogP contribution in [-0.4, -0.2) is 47.8 Å². The molecule has 0 amide bonds. The molecule has 1 N–H and O–H groups in total. The van der Waals surface area contributed by atoms with Crippen LogP contribution in [0.25, 0.3) is 0 Å². The predicted molar refractivity (Wildman–Crippen MR) is 65.0 cm³/mol. The Morgan fingerprint density at radius 3 is 2.88 bits per heavy atom. The normalized spacial score (nSPS) is 38.7. The summed E-state index contributed by atoms with van der Waals surface area (Å²) in [5, 5.41) is 9.46. The lowest BCUT2D eigenvalue weighted by Crippen LogP contribution is -2.41. The molecular weight excluding hydrogens is 218 g/mol. The van der Waals surface area contributed by atoms with E-state index in [1.807, 2.05) is 0 Å². The smallest absolute Gasteiger partial charge is 0.310 e. The van der Waals surface area contributed by atoms with Crippen LogP contribution in [-0.2, 0) is 9.53 Å². The minimum absolute atomic E-state index is 0.251. The molecule has 0 aromatic carbocycles. The quantitative estimate of drug-likeness (QED) is 0.814. The third-order valence-corrected chi connectivity index (χ3v) is 4.37. The van der Waals surface area contributed by atoms with Crippen molar-refractivity contribution in [1.29, 1.82) is 0 Å². The largest absolute Gasteiger partial charge is 0.481 e. The zero-order chi connectivity index (χ0) is 12.5. The van der Waals surface area contributed by atoms with Crippen molar-refractivity contribution in [2.45, 2.75) is 51.7 Å². The van der Waals surface area contributed by atoms with Gasteiger partial charge in [0, 0.05) is 19.2 Å². The maximum Gasteiger partial charge on any atom is 0.310 e. The minimum atomic E-state index is -0.617. The molecule has 2 aliphatic rings. The second kappa shape index (κ2) is 4.94. The topological polar surface area (TPSA) is 49.8 Å². The standard InChI is InChI=1S/C13H23NO3/c1-3-5-13(12(15)16)6-7-14(9-13)11-4-8-17-10(11)2/h10-11H,3-9H2,1-2H3,(H,15,16). The molecule has 4 nitrogen and oxygen atoms in total. The van der Waals surface area contributed by atoms with Crippen LogP contribution < -0.4 is 0 Å². The van der Waals surface area contributed by atoms with Crippen molar-refractivity contribution in [1.82, 2.24) is 4.90 Å². The molecule has 0 aliphatic carbocycles. The van der Waals surface area contributed by atoms with Crippen molar-refractivity contribution in [3.05, 3.63) is 0 Å². The molecule has 2 rings (SSSR count). The molecule has 0 aromatic heterocycles.